The molecule has 0 aliphatic carbocycles. The third kappa shape index (κ3) is 3.20. The lowest BCUT2D eigenvalue weighted by atomic mass is 10.1. The summed E-state index contributed by atoms with van der Waals surface area (Å²) in [6.45, 7) is 0.366. The topological polar surface area (TPSA) is 75.3 Å². The van der Waals surface area contributed by atoms with Gasteiger partial charge >= 0.3 is 0 Å². The van der Waals surface area contributed by atoms with E-state index in [9.17, 15) is 5.11 Å². The minimum Gasteiger partial charge on any atom is -0.387 e. The fraction of sp³-hybridized carbons (Fsp3) is 0.105. The van der Waals surface area contributed by atoms with Crippen molar-refractivity contribution >= 4 is 11.5 Å². The number of fused-ring (bicyclic) bond motifs is 1. The summed E-state index contributed by atoms with van der Waals surface area (Å²) in [5, 5.41) is 26.4. The maximum Gasteiger partial charge on any atom is 0.185 e. The molecule has 0 amide bonds. The van der Waals surface area contributed by atoms with E-state index < -0.39 is 6.10 Å². The highest BCUT2D eigenvalue weighted by atomic mass is 16.3. The maximum atomic E-state index is 10.3. The van der Waals surface area contributed by atoms with Gasteiger partial charge in [0.1, 0.15) is 5.82 Å². The number of aliphatic hydroxyl groups is 1. The molecule has 2 aromatic carbocycles. The lowest BCUT2D eigenvalue weighted by Crippen LogP contribution is -2.13. The summed E-state index contributed by atoms with van der Waals surface area (Å²) < 4.78 is 1.70. The Labute approximate surface area is 144 Å². The molecule has 0 saturated carbocycles. The van der Waals surface area contributed by atoms with Crippen molar-refractivity contribution < 1.29 is 5.11 Å². The van der Waals surface area contributed by atoms with E-state index in [2.05, 4.69) is 20.6 Å². The molecule has 0 spiro atoms. The van der Waals surface area contributed by atoms with Crippen LogP contribution in [-0.2, 0) is 0 Å². The van der Waals surface area contributed by atoms with Crippen LogP contribution in [0.25, 0.3) is 17.0 Å². The second kappa shape index (κ2) is 6.70. The van der Waals surface area contributed by atoms with Gasteiger partial charge < -0.3 is 10.4 Å². The molecule has 2 heterocycles. The number of hydrogen-bond donors (Lipinski definition) is 2. The van der Waals surface area contributed by atoms with E-state index in [4.69, 9.17) is 0 Å². The monoisotopic (exact) mass is 331 g/mol. The van der Waals surface area contributed by atoms with Gasteiger partial charge in [-0.3, -0.25) is 0 Å². The van der Waals surface area contributed by atoms with Gasteiger partial charge in [0.05, 0.1) is 6.10 Å². The van der Waals surface area contributed by atoms with Crippen LogP contribution in [0.2, 0.25) is 0 Å². The van der Waals surface area contributed by atoms with Crippen molar-refractivity contribution in [3.8, 4) is 11.4 Å². The van der Waals surface area contributed by atoms with E-state index >= 15 is 0 Å². The summed E-state index contributed by atoms with van der Waals surface area (Å²) >= 11 is 0. The Morgan fingerprint density at radius 2 is 1.60 bits per heavy atom. The van der Waals surface area contributed by atoms with Crippen LogP contribution in [0.5, 0.6) is 0 Å². The van der Waals surface area contributed by atoms with Gasteiger partial charge in [-0.15, -0.1) is 15.3 Å². The van der Waals surface area contributed by atoms with Gasteiger partial charge in [-0.2, -0.15) is 4.52 Å². The Kier molecular flexibility index (Phi) is 4.10. The number of aliphatic hydroxyl groups excluding tert-OH is 1. The summed E-state index contributed by atoms with van der Waals surface area (Å²) in [5.41, 5.74) is 2.49. The van der Waals surface area contributed by atoms with Gasteiger partial charge in [-0.1, -0.05) is 60.7 Å². The average molecular weight is 331 g/mol. The largest absolute Gasteiger partial charge is 0.387 e. The highest BCUT2D eigenvalue weighted by Gasteiger charge is 2.11. The summed E-state index contributed by atoms with van der Waals surface area (Å²) in [5.74, 6) is 1.34. The van der Waals surface area contributed by atoms with Crippen LogP contribution in [0.4, 0.5) is 5.82 Å². The van der Waals surface area contributed by atoms with Crippen LogP contribution in [0.15, 0.2) is 72.8 Å². The van der Waals surface area contributed by atoms with Crippen molar-refractivity contribution in [2.75, 3.05) is 11.9 Å². The molecule has 1 atom stereocenters. The molecule has 0 saturated heterocycles. The Balaban J connectivity index is 1.57. The number of nitrogens with one attached hydrogen (secondary N) is 1. The Bertz CT molecular complexity index is 969. The molecule has 25 heavy (non-hydrogen) atoms. The van der Waals surface area contributed by atoms with Crippen LogP contribution < -0.4 is 5.32 Å². The van der Waals surface area contributed by atoms with Crippen LogP contribution in [0.3, 0.4) is 0 Å². The molecule has 0 aliphatic heterocycles. The predicted octanol–water partition coefficient (Wildman–Crippen LogP) is 2.94. The fourth-order valence-electron chi connectivity index (χ4n) is 2.64. The zero-order chi connectivity index (χ0) is 17.1. The quantitative estimate of drug-likeness (QED) is 0.588. The normalized spacial score (nSPS) is 12.2. The van der Waals surface area contributed by atoms with E-state index in [0.29, 0.717) is 23.8 Å². The summed E-state index contributed by atoms with van der Waals surface area (Å²) in [4.78, 5) is 0. The molecular formula is C19H17N5O. The van der Waals surface area contributed by atoms with Gasteiger partial charge in [-0.25, -0.2) is 0 Å². The zero-order valence-electron chi connectivity index (χ0n) is 13.4. The van der Waals surface area contributed by atoms with E-state index in [1.54, 1.807) is 4.52 Å². The highest BCUT2D eigenvalue weighted by molar-refractivity contribution is 5.59. The number of hydrogen-bond acceptors (Lipinski definition) is 5. The first-order valence-corrected chi connectivity index (χ1v) is 8.06. The van der Waals surface area contributed by atoms with Crippen molar-refractivity contribution in [1.29, 1.82) is 0 Å². The SMILES string of the molecule is O[C@@H](CNc1ccc2nnc(-c3ccccc3)n2n1)c1ccccc1. The third-order valence-corrected chi connectivity index (χ3v) is 3.96. The number of benzene rings is 2. The molecule has 6 nitrogen and oxygen atoms in total. The van der Waals surface area contributed by atoms with Crippen LogP contribution in [0, 0.1) is 0 Å². The predicted molar refractivity (Wildman–Crippen MR) is 96.1 cm³/mol. The Hall–Kier alpha value is -3.25. The molecule has 0 fully saturated rings. The molecule has 2 N–H and O–H groups in total. The first kappa shape index (κ1) is 15.3. The van der Waals surface area contributed by atoms with Crippen molar-refractivity contribution in [3.05, 3.63) is 78.4 Å². The lowest BCUT2D eigenvalue weighted by Gasteiger charge is -2.12. The molecule has 0 bridgehead atoms. The van der Waals surface area contributed by atoms with Crippen LogP contribution in [-0.4, -0.2) is 31.5 Å². The summed E-state index contributed by atoms with van der Waals surface area (Å²) in [6.07, 6.45) is -0.604. The second-order valence-electron chi connectivity index (χ2n) is 5.69. The first-order valence-electron chi connectivity index (χ1n) is 8.06. The van der Waals surface area contributed by atoms with Crippen LogP contribution in [0.1, 0.15) is 11.7 Å². The summed E-state index contributed by atoms with van der Waals surface area (Å²) in [7, 11) is 0. The molecule has 2 aromatic heterocycles. The van der Waals surface area contributed by atoms with Crippen molar-refractivity contribution in [2.24, 2.45) is 0 Å². The van der Waals surface area contributed by atoms with Gasteiger partial charge in [0, 0.05) is 12.1 Å². The van der Waals surface area contributed by atoms with E-state index in [0.717, 1.165) is 11.1 Å². The molecule has 4 aromatic rings. The smallest absolute Gasteiger partial charge is 0.185 e. The van der Waals surface area contributed by atoms with Gasteiger partial charge in [0.2, 0.25) is 0 Å². The minimum absolute atomic E-state index is 0.366. The Morgan fingerprint density at radius 1 is 0.880 bits per heavy atom. The van der Waals surface area contributed by atoms with E-state index in [1.807, 2.05) is 72.8 Å². The van der Waals surface area contributed by atoms with E-state index in [1.165, 1.54) is 0 Å². The third-order valence-electron chi connectivity index (χ3n) is 3.96. The molecule has 124 valence electrons. The molecule has 4 rings (SSSR count). The van der Waals surface area contributed by atoms with Crippen LogP contribution >= 0.6 is 0 Å². The van der Waals surface area contributed by atoms with Crippen molar-refractivity contribution in [2.45, 2.75) is 6.10 Å². The molecule has 0 unspecified atom stereocenters. The highest BCUT2D eigenvalue weighted by Crippen LogP contribution is 2.18. The standard InChI is InChI=1S/C19H17N5O/c25-16(14-7-3-1-4-8-14)13-20-17-11-12-18-21-22-19(24(18)23-17)15-9-5-2-6-10-15/h1-12,16,25H,13H2,(H,20,23)/t16-/m0/s1. The number of nitrogens with zero attached hydrogens (tertiary/aromatic N) is 4. The average Bonchev–Trinajstić information content (AvgIpc) is 3.10. The molecule has 6 heteroatoms. The van der Waals surface area contributed by atoms with Gasteiger partial charge in [0.15, 0.2) is 11.5 Å². The van der Waals surface area contributed by atoms with E-state index in [-0.39, 0.29) is 0 Å². The van der Waals surface area contributed by atoms with Crippen molar-refractivity contribution in [3.63, 3.8) is 0 Å². The first-order chi connectivity index (χ1) is 12.3. The fourth-order valence-corrected chi connectivity index (χ4v) is 2.64. The second-order valence-corrected chi connectivity index (χ2v) is 5.69. The zero-order valence-corrected chi connectivity index (χ0v) is 13.4. The lowest BCUT2D eigenvalue weighted by molar-refractivity contribution is 0.191. The number of aromatic nitrogens is 4. The Morgan fingerprint density at radius 3 is 2.36 bits per heavy atom. The van der Waals surface area contributed by atoms with Crippen molar-refractivity contribution in [1.82, 2.24) is 19.8 Å². The number of anilines is 1. The molecular weight excluding hydrogens is 314 g/mol. The molecule has 0 aliphatic rings. The minimum atomic E-state index is -0.604. The molecule has 0 radical (unpaired) electrons. The number of rotatable bonds is 5. The van der Waals surface area contributed by atoms with Gasteiger partial charge in [0.25, 0.3) is 0 Å². The summed E-state index contributed by atoms with van der Waals surface area (Å²) in [6, 6.07) is 23.0. The van der Waals surface area contributed by atoms with Gasteiger partial charge in [-0.05, 0) is 17.7 Å². The maximum absolute atomic E-state index is 10.3.